The summed E-state index contributed by atoms with van der Waals surface area (Å²) in [6, 6.07) is 0.539. The summed E-state index contributed by atoms with van der Waals surface area (Å²) in [5.41, 5.74) is 0. The molecule has 0 amide bonds. The maximum atomic E-state index is 13.8. The van der Waals surface area contributed by atoms with Crippen molar-refractivity contribution in [1.29, 1.82) is 0 Å². The van der Waals surface area contributed by atoms with Crippen LogP contribution in [0.5, 0.6) is 0 Å². The summed E-state index contributed by atoms with van der Waals surface area (Å²) in [7, 11) is 0. The van der Waals surface area contributed by atoms with E-state index in [4.69, 9.17) is 0 Å². The van der Waals surface area contributed by atoms with E-state index in [1.165, 1.54) is 6.08 Å². The van der Waals surface area contributed by atoms with Gasteiger partial charge in [-0.15, -0.1) is 0 Å². The number of hydrogen-bond donors (Lipinski definition) is 3. The van der Waals surface area contributed by atoms with E-state index < -0.39 is 35.8 Å². The van der Waals surface area contributed by atoms with Gasteiger partial charge in [0.25, 0.3) is 0 Å². The van der Waals surface area contributed by atoms with Gasteiger partial charge in [-0.1, -0.05) is 0 Å². The van der Waals surface area contributed by atoms with E-state index in [9.17, 15) is 10.5 Å². The first kappa shape index (κ1) is 23.6. The Morgan fingerprint density at radius 1 is 0.920 bits per heavy atom. The zero-order chi connectivity index (χ0) is 19.3. The quantitative estimate of drug-likeness (QED) is 0.361. The van der Waals surface area contributed by atoms with Gasteiger partial charge in [-0.05, 0) is 0 Å². The molecule has 3 nitrogen and oxygen atoms in total. The van der Waals surface area contributed by atoms with Gasteiger partial charge in [0, 0.05) is 0 Å². The molecule has 0 spiro atoms. The van der Waals surface area contributed by atoms with Crippen LogP contribution in [0.25, 0.3) is 0 Å². The monoisotopic (exact) mass is 501 g/mol. The molecule has 0 aromatic heterocycles. The van der Waals surface area contributed by atoms with E-state index in [1.54, 1.807) is 6.08 Å². The van der Waals surface area contributed by atoms with E-state index in [0.717, 1.165) is 19.3 Å². The van der Waals surface area contributed by atoms with Crippen molar-refractivity contribution in [1.82, 2.24) is 9.78 Å². The average molecular weight is 501 g/mol. The minimum absolute atomic E-state index is 0.180. The Labute approximate surface area is 160 Å². The normalized spacial score (nSPS) is 21.3. The molecule has 0 saturated heterocycles. The third-order valence-corrected chi connectivity index (χ3v) is 18.7. The average Bonchev–Trinajstić information content (AvgIpc) is 3.04. The molecule has 25 heavy (non-hydrogen) atoms. The molecule has 3 N–H and O–H groups in total. The van der Waals surface area contributed by atoms with Gasteiger partial charge in [-0.2, -0.15) is 0 Å². The van der Waals surface area contributed by atoms with E-state index in [0.29, 0.717) is 9.70 Å². The molecule has 0 bridgehead atoms. The van der Waals surface area contributed by atoms with Crippen LogP contribution in [0.15, 0.2) is 19.8 Å². The van der Waals surface area contributed by atoms with E-state index in [2.05, 4.69) is 51.3 Å². The van der Waals surface area contributed by atoms with Gasteiger partial charge in [0.15, 0.2) is 0 Å². The van der Waals surface area contributed by atoms with Crippen LogP contribution in [0.1, 0.15) is 67.2 Å². The molecule has 0 aliphatic heterocycles. The van der Waals surface area contributed by atoms with Gasteiger partial charge in [0.2, 0.25) is 0 Å². The zero-order valence-electron chi connectivity index (χ0n) is 16.3. The summed E-state index contributed by atoms with van der Waals surface area (Å²) in [5.74, 6) is 0. The third-order valence-electron chi connectivity index (χ3n) is 4.92. The maximum absolute atomic E-state index is 13.8. The predicted molar refractivity (Wildman–Crippen MR) is 98.5 cm³/mol. The van der Waals surface area contributed by atoms with Gasteiger partial charge >= 0.3 is 161 Å². The first-order valence-electron chi connectivity index (χ1n) is 9.39. The first-order chi connectivity index (χ1) is 11.6. The van der Waals surface area contributed by atoms with Crippen LogP contribution in [-0.4, -0.2) is 32.8 Å². The third kappa shape index (κ3) is 6.60. The molecule has 1 rings (SSSR count). The van der Waals surface area contributed by atoms with Crippen LogP contribution < -0.4 is 9.78 Å². The second-order valence-corrected chi connectivity index (χ2v) is 17.6. The fraction of sp³-hybridized carbons (Fsp3) is 0.765. The zero-order valence-corrected chi connectivity index (χ0v) is 20.9. The Hall–Kier alpha value is 0.576. The molecule has 0 saturated carbocycles. The summed E-state index contributed by atoms with van der Waals surface area (Å²) in [4.78, 5) is 0. The first-order valence-corrected chi connectivity index (χ1v) is 17.7. The number of halogens is 3. The molecule has 1 aliphatic carbocycles. The second-order valence-electron chi connectivity index (χ2n) is 7.11. The number of rotatable bonds is 11. The van der Waals surface area contributed by atoms with E-state index in [1.807, 2.05) is 0 Å². The van der Waals surface area contributed by atoms with Gasteiger partial charge in [-0.25, -0.2) is 0 Å². The van der Waals surface area contributed by atoms with Crippen LogP contribution in [0.3, 0.4) is 0 Å². The molecular weight excluding hydrogens is 467 g/mol. The fourth-order valence-electron chi connectivity index (χ4n) is 2.93. The SMILES string of the molecule is CCC(C)[NH][Zr]([NH]C(C)CC)([NH]C(C)CC)[C]1=[C]([Ge]([F])([F])[F])C=CC1. The molecule has 0 heterocycles. The summed E-state index contributed by atoms with van der Waals surface area (Å²) >= 11 is -10.2. The molecule has 8 heteroatoms. The van der Waals surface area contributed by atoms with Crippen LogP contribution in [-0.2, 0) is 21.1 Å². The van der Waals surface area contributed by atoms with Crippen molar-refractivity contribution >= 4 is 14.7 Å². The van der Waals surface area contributed by atoms with Crippen LogP contribution in [0.4, 0.5) is 10.5 Å². The van der Waals surface area contributed by atoms with Gasteiger partial charge < -0.3 is 0 Å². The standard InChI is InChI=1S/C5H4F3Ge.3C4H10N.Zr/c6-9(7,8)5-3-1-2-4-5;3*1-3-4(2)5;/h1,3H,2H2;3*4-5H,3H2,1-2H3;/q;3*-1;+3. The molecule has 0 aromatic rings. The Morgan fingerprint density at radius 3 is 1.64 bits per heavy atom. The van der Waals surface area contributed by atoms with Gasteiger partial charge in [0.05, 0.1) is 0 Å². The Kier molecular flexibility index (Phi) is 9.65. The van der Waals surface area contributed by atoms with Crippen molar-refractivity contribution in [3.8, 4) is 0 Å². The molecule has 146 valence electrons. The summed E-state index contributed by atoms with van der Waals surface area (Å²) < 4.78 is 52.9. The fourth-order valence-corrected chi connectivity index (χ4v) is 19.7. The molecule has 1 aliphatic rings. The summed E-state index contributed by atoms with van der Waals surface area (Å²) in [6.07, 6.45) is 6.15. The Morgan fingerprint density at radius 2 is 1.32 bits per heavy atom. The topological polar surface area (TPSA) is 36.1 Å². The molecule has 0 fully saturated rings. The molecule has 3 unspecified atom stereocenters. The number of allylic oxidation sites excluding steroid dienone is 4. The van der Waals surface area contributed by atoms with Crippen molar-refractivity contribution in [2.24, 2.45) is 0 Å². The van der Waals surface area contributed by atoms with Gasteiger partial charge in [-0.3, -0.25) is 0 Å². The molecular formula is C17H34F3GeN3Zr. The van der Waals surface area contributed by atoms with Crippen molar-refractivity contribution in [3.63, 3.8) is 0 Å². The predicted octanol–water partition coefficient (Wildman–Crippen LogP) is 4.65. The molecule has 0 aromatic carbocycles. The van der Waals surface area contributed by atoms with Crippen molar-refractivity contribution in [2.75, 3.05) is 0 Å². The molecule has 0 radical (unpaired) electrons. The van der Waals surface area contributed by atoms with Crippen molar-refractivity contribution in [3.05, 3.63) is 19.8 Å². The second kappa shape index (κ2) is 10.2. The van der Waals surface area contributed by atoms with Crippen LogP contribution >= 0.6 is 0 Å². The van der Waals surface area contributed by atoms with Crippen LogP contribution in [0.2, 0.25) is 0 Å². The Balaban J connectivity index is 3.45. The number of hydrogen-bond acceptors (Lipinski definition) is 3. The van der Waals surface area contributed by atoms with Crippen LogP contribution in [0, 0.1) is 0 Å². The van der Waals surface area contributed by atoms with Gasteiger partial charge in [0.1, 0.15) is 0 Å². The van der Waals surface area contributed by atoms with E-state index in [-0.39, 0.29) is 22.5 Å². The summed E-state index contributed by atoms with van der Waals surface area (Å²) in [5, 5.41) is 0. The summed E-state index contributed by atoms with van der Waals surface area (Å²) in [6.45, 7) is 12.4. The minimum atomic E-state index is -6.40. The number of nitrogens with one attached hydrogen (secondary N) is 3. The Bertz CT molecular complexity index is 463. The van der Waals surface area contributed by atoms with E-state index >= 15 is 0 Å². The van der Waals surface area contributed by atoms with Crippen molar-refractivity contribution < 1.29 is 31.6 Å². The van der Waals surface area contributed by atoms with Crippen molar-refractivity contribution in [2.45, 2.75) is 85.4 Å². The molecule has 3 atom stereocenters.